The Labute approximate surface area is 96.8 Å². The molecule has 2 aromatic rings. The van der Waals surface area contributed by atoms with E-state index in [4.69, 9.17) is 0 Å². The van der Waals surface area contributed by atoms with Gasteiger partial charge in [0.25, 0.3) is 0 Å². The standard InChI is InChI=1S/C12H10FNOS/c1-8(15)5-11-7-16-12(14-11)9-3-2-4-10(13)6-9/h2-4,6-7H,5H2,1H3. The molecule has 0 saturated heterocycles. The number of Topliss-reactive ketones (excluding diaryl/α,β-unsaturated/α-hetero) is 1. The van der Waals surface area contributed by atoms with Gasteiger partial charge in [-0.3, -0.25) is 4.79 Å². The fourth-order valence-electron chi connectivity index (χ4n) is 1.40. The van der Waals surface area contributed by atoms with E-state index in [9.17, 15) is 9.18 Å². The van der Waals surface area contributed by atoms with Crippen LogP contribution in [0.1, 0.15) is 12.6 Å². The van der Waals surface area contributed by atoms with Gasteiger partial charge in [-0.1, -0.05) is 12.1 Å². The smallest absolute Gasteiger partial charge is 0.135 e. The molecule has 0 fully saturated rings. The Morgan fingerprint density at radius 1 is 1.50 bits per heavy atom. The van der Waals surface area contributed by atoms with Gasteiger partial charge >= 0.3 is 0 Å². The maximum atomic E-state index is 13.0. The first-order valence-electron chi connectivity index (χ1n) is 4.85. The van der Waals surface area contributed by atoms with Crippen molar-refractivity contribution >= 4 is 17.1 Å². The number of hydrogen-bond acceptors (Lipinski definition) is 3. The van der Waals surface area contributed by atoms with E-state index in [1.54, 1.807) is 12.1 Å². The van der Waals surface area contributed by atoms with Crippen LogP contribution in [0.5, 0.6) is 0 Å². The van der Waals surface area contributed by atoms with Gasteiger partial charge in [-0.25, -0.2) is 9.37 Å². The third-order valence-electron chi connectivity index (χ3n) is 2.05. The Kier molecular flexibility index (Phi) is 3.10. The molecule has 0 aliphatic heterocycles. The number of carbonyl (C=O) groups excluding carboxylic acids is 1. The van der Waals surface area contributed by atoms with Gasteiger partial charge in [-0.05, 0) is 19.1 Å². The minimum absolute atomic E-state index is 0.0797. The summed E-state index contributed by atoms with van der Waals surface area (Å²) < 4.78 is 13.0. The molecule has 0 radical (unpaired) electrons. The monoisotopic (exact) mass is 235 g/mol. The summed E-state index contributed by atoms with van der Waals surface area (Å²) in [5, 5.41) is 2.58. The van der Waals surface area contributed by atoms with E-state index in [0.29, 0.717) is 6.42 Å². The quantitative estimate of drug-likeness (QED) is 0.818. The van der Waals surface area contributed by atoms with Gasteiger partial charge in [0.1, 0.15) is 16.6 Å². The number of carbonyl (C=O) groups is 1. The molecule has 0 amide bonds. The molecule has 1 aromatic heterocycles. The molecule has 2 rings (SSSR count). The van der Waals surface area contributed by atoms with E-state index < -0.39 is 0 Å². The third kappa shape index (κ3) is 2.52. The van der Waals surface area contributed by atoms with Crippen molar-refractivity contribution in [1.82, 2.24) is 4.98 Å². The second-order valence-electron chi connectivity index (χ2n) is 3.53. The second kappa shape index (κ2) is 4.53. The van der Waals surface area contributed by atoms with Crippen molar-refractivity contribution in [2.24, 2.45) is 0 Å². The Hall–Kier alpha value is -1.55. The molecule has 1 aromatic carbocycles. The molecule has 0 aliphatic carbocycles. The summed E-state index contributed by atoms with van der Waals surface area (Å²) in [5.41, 5.74) is 1.50. The number of benzene rings is 1. The molecule has 82 valence electrons. The van der Waals surface area contributed by atoms with E-state index in [-0.39, 0.29) is 11.6 Å². The zero-order chi connectivity index (χ0) is 11.5. The molecular formula is C12H10FNOS. The summed E-state index contributed by atoms with van der Waals surface area (Å²) in [5.74, 6) is -0.197. The normalized spacial score (nSPS) is 10.4. The molecular weight excluding hydrogens is 225 g/mol. The lowest BCUT2D eigenvalue weighted by molar-refractivity contribution is -0.116. The number of rotatable bonds is 3. The van der Waals surface area contributed by atoms with Crippen LogP contribution in [0.4, 0.5) is 4.39 Å². The maximum absolute atomic E-state index is 13.0. The van der Waals surface area contributed by atoms with Crippen LogP contribution in [0.2, 0.25) is 0 Å². The van der Waals surface area contributed by atoms with Crippen molar-refractivity contribution in [3.63, 3.8) is 0 Å². The Balaban J connectivity index is 2.28. The van der Waals surface area contributed by atoms with E-state index in [2.05, 4.69) is 4.98 Å². The largest absolute Gasteiger partial charge is 0.300 e. The summed E-state index contributed by atoms with van der Waals surface area (Å²) in [4.78, 5) is 15.2. The van der Waals surface area contributed by atoms with E-state index >= 15 is 0 Å². The number of hydrogen-bond donors (Lipinski definition) is 0. The first-order chi connectivity index (χ1) is 7.65. The van der Waals surface area contributed by atoms with Crippen molar-refractivity contribution < 1.29 is 9.18 Å². The van der Waals surface area contributed by atoms with E-state index in [0.717, 1.165) is 16.3 Å². The van der Waals surface area contributed by atoms with Gasteiger partial charge in [-0.2, -0.15) is 0 Å². The lowest BCUT2D eigenvalue weighted by Crippen LogP contribution is -1.96. The fraction of sp³-hybridized carbons (Fsp3) is 0.167. The predicted molar refractivity (Wildman–Crippen MR) is 61.9 cm³/mol. The fourth-order valence-corrected chi connectivity index (χ4v) is 2.21. The topological polar surface area (TPSA) is 30.0 Å². The van der Waals surface area contributed by atoms with Gasteiger partial charge < -0.3 is 0 Å². The molecule has 4 heteroatoms. The molecule has 0 unspecified atom stereocenters. The molecule has 0 N–H and O–H groups in total. The van der Waals surface area contributed by atoms with Crippen LogP contribution in [0.25, 0.3) is 10.6 Å². The first kappa shape index (κ1) is 11.0. The van der Waals surface area contributed by atoms with Crippen molar-refractivity contribution in [1.29, 1.82) is 0 Å². The highest BCUT2D eigenvalue weighted by Crippen LogP contribution is 2.24. The number of thiazole rings is 1. The average Bonchev–Trinajstić information content (AvgIpc) is 2.65. The third-order valence-corrected chi connectivity index (χ3v) is 2.99. The molecule has 0 bridgehead atoms. The molecule has 0 saturated carbocycles. The number of halogens is 1. The molecule has 16 heavy (non-hydrogen) atoms. The molecule has 0 spiro atoms. The molecule has 0 aliphatic rings. The van der Waals surface area contributed by atoms with E-state index in [1.165, 1.54) is 30.4 Å². The second-order valence-corrected chi connectivity index (χ2v) is 4.39. The van der Waals surface area contributed by atoms with Crippen LogP contribution in [0.3, 0.4) is 0 Å². The maximum Gasteiger partial charge on any atom is 0.135 e. The highest BCUT2D eigenvalue weighted by atomic mass is 32.1. The number of nitrogens with zero attached hydrogens (tertiary/aromatic N) is 1. The van der Waals surface area contributed by atoms with Crippen molar-refractivity contribution in [3.8, 4) is 10.6 Å². The summed E-state index contributed by atoms with van der Waals surface area (Å²) in [6.45, 7) is 1.53. The average molecular weight is 235 g/mol. The Morgan fingerprint density at radius 2 is 2.31 bits per heavy atom. The zero-order valence-corrected chi connectivity index (χ0v) is 9.55. The summed E-state index contributed by atoms with van der Waals surface area (Å²) in [6.07, 6.45) is 0.339. The summed E-state index contributed by atoms with van der Waals surface area (Å²) >= 11 is 1.42. The Morgan fingerprint density at radius 3 is 3.00 bits per heavy atom. The van der Waals surface area contributed by atoms with Crippen LogP contribution >= 0.6 is 11.3 Å². The van der Waals surface area contributed by atoms with Gasteiger partial charge in [0.2, 0.25) is 0 Å². The molecule has 0 atom stereocenters. The van der Waals surface area contributed by atoms with Gasteiger partial charge in [0.15, 0.2) is 0 Å². The summed E-state index contributed by atoms with van der Waals surface area (Å²) in [7, 11) is 0. The molecule has 2 nitrogen and oxygen atoms in total. The highest BCUT2D eigenvalue weighted by molar-refractivity contribution is 7.13. The van der Waals surface area contributed by atoms with Crippen molar-refractivity contribution in [3.05, 3.63) is 41.2 Å². The lowest BCUT2D eigenvalue weighted by atomic mass is 10.2. The first-order valence-corrected chi connectivity index (χ1v) is 5.73. The van der Waals surface area contributed by atoms with Gasteiger partial charge in [-0.15, -0.1) is 11.3 Å². The zero-order valence-electron chi connectivity index (χ0n) is 8.74. The van der Waals surface area contributed by atoms with Gasteiger partial charge in [0, 0.05) is 17.4 Å². The minimum Gasteiger partial charge on any atom is -0.300 e. The highest BCUT2D eigenvalue weighted by Gasteiger charge is 2.06. The Bertz CT molecular complexity index is 521. The SMILES string of the molecule is CC(=O)Cc1csc(-c2cccc(F)c2)n1. The van der Waals surface area contributed by atoms with Crippen LogP contribution in [0, 0.1) is 5.82 Å². The van der Waals surface area contributed by atoms with Crippen molar-refractivity contribution in [2.75, 3.05) is 0 Å². The van der Waals surface area contributed by atoms with Crippen LogP contribution in [-0.4, -0.2) is 10.8 Å². The predicted octanol–water partition coefficient (Wildman–Crippen LogP) is 3.08. The van der Waals surface area contributed by atoms with Crippen LogP contribution < -0.4 is 0 Å². The van der Waals surface area contributed by atoms with Crippen LogP contribution in [-0.2, 0) is 11.2 Å². The van der Waals surface area contributed by atoms with Crippen molar-refractivity contribution in [2.45, 2.75) is 13.3 Å². The lowest BCUT2D eigenvalue weighted by Gasteiger charge is -1.95. The van der Waals surface area contributed by atoms with Crippen LogP contribution in [0.15, 0.2) is 29.6 Å². The van der Waals surface area contributed by atoms with E-state index in [1.807, 2.05) is 5.38 Å². The number of ketones is 1. The van der Waals surface area contributed by atoms with Gasteiger partial charge in [0.05, 0.1) is 5.69 Å². The number of aromatic nitrogens is 1. The summed E-state index contributed by atoms with van der Waals surface area (Å²) in [6, 6.07) is 6.29. The molecule has 1 heterocycles. The minimum atomic E-state index is -0.277.